The Morgan fingerprint density at radius 3 is 2.45 bits per heavy atom. The standard InChI is InChI=1S/C31H36N4O8S/c1-19-5-9-24(10-6-19)44(39,40)33-23-8-11-26-25(13-23)30(37)35(21(3)17-36)15-20(2)29(43-26)16-34(4)31(38)32-22-7-12-27-28(14-22)42-18-41-27/h5-14,20-21,29,33,36H,15-18H2,1-4H3,(H,32,38)/t20-,21-,29-/m1/s1. The molecule has 5 rings (SSSR count). The van der Waals surface area contributed by atoms with Crippen LogP contribution in [0.5, 0.6) is 17.2 Å². The molecule has 0 saturated carbocycles. The topological polar surface area (TPSA) is 147 Å². The highest BCUT2D eigenvalue weighted by molar-refractivity contribution is 7.92. The van der Waals surface area contributed by atoms with Crippen LogP contribution in [0, 0.1) is 12.8 Å². The van der Waals surface area contributed by atoms with Crippen molar-refractivity contribution in [2.24, 2.45) is 5.92 Å². The van der Waals surface area contributed by atoms with E-state index in [1.54, 1.807) is 55.3 Å². The van der Waals surface area contributed by atoms with Crippen LogP contribution in [-0.2, 0) is 10.0 Å². The molecular weight excluding hydrogens is 588 g/mol. The summed E-state index contributed by atoms with van der Waals surface area (Å²) in [5.74, 6) is 0.750. The molecule has 0 aromatic heterocycles. The number of hydrogen-bond acceptors (Lipinski definition) is 8. The Morgan fingerprint density at radius 1 is 1.05 bits per heavy atom. The van der Waals surface area contributed by atoms with E-state index >= 15 is 0 Å². The lowest BCUT2D eigenvalue weighted by molar-refractivity contribution is 0.0371. The van der Waals surface area contributed by atoms with Gasteiger partial charge in [-0.25, -0.2) is 13.2 Å². The fraction of sp³-hybridized carbons (Fsp3) is 0.355. The Bertz CT molecular complexity index is 1650. The van der Waals surface area contributed by atoms with Crippen molar-refractivity contribution in [3.05, 3.63) is 71.8 Å². The Labute approximate surface area is 256 Å². The molecule has 234 valence electrons. The zero-order valence-corrected chi connectivity index (χ0v) is 25.8. The van der Waals surface area contributed by atoms with Crippen molar-refractivity contribution in [2.75, 3.05) is 43.6 Å². The van der Waals surface area contributed by atoms with Crippen molar-refractivity contribution in [3.63, 3.8) is 0 Å². The van der Waals surface area contributed by atoms with E-state index in [0.29, 0.717) is 17.2 Å². The van der Waals surface area contributed by atoms with E-state index in [1.165, 1.54) is 29.2 Å². The number of urea groups is 1. The number of carbonyl (C=O) groups excluding carboxylic acids is 2. The number of nitrogens with one attached hydrogen (secondary N) is 2. The van der Waals surface area contributed by atoms with Crippen LogP contribution < -0.4 is 24.2 Å². The highest BCUT2D eigenvalue weighted by Crippen LogP contribution is 2.35. The minimum absolute atomic E-state index is 0.0869. The van der Waals surface area contributed by atoms with E-state index in [0.717, 1.165) is 5.56 Å². The Balaban J connectivity index is 1.38. The van der Waals surface area contributed by atoms with E-state index in [2.05, 4.69) is 10.0 Å². The summed E-state index contributed by atoms with van der Waals surface area (Å²) < 4.78 is 45.7. The van der Waals surface area contributed by atoms with Crippen molar-refractivity contribution in [1.82, 2.24) is 9.80 Å². The van der Waals surface area contributed by atoms with Gasteiger partial charge in [-0.1, -0.05) is 24.6 Å². The molecule has 3 amide bonds. The number of hydrogen-bond donors (Lipinski definition) is 3. The quantitative estimate of drug-likeness (QED) is 0.342. The average Bonchev–Trinajstić information content (AvgIpc) is 3.47. The van der Waals surface area contributed by atoms with E-state index < -0.39 is 28.1 Å². The molecule has 3 aromatic rings. The van der Waals surface area contributed by atoms with Gasteiger partial charge in [-0.05, 0) is 56.3 Å². The normalized spacial score (nSPS) is 18.4. The van der Waals surface area contributed by atoms with Gasteiger partial charge in [0.25, 0.3) is 15.9 Å². The molecule has 44 heavy (non-hydrogen) atoms. The first kappa shape index (κ1) is 31.0. The number of benzene rings is 3. The second kappa shape index (κ2) is 12.6. The third kappa shape index (κ3) is 6.68. The molecule has 3 atom stereocenters. The monoisotopic (exact) mass is 624 g/mol. The van der Waals surface area contributed by atoms with Crippen molar-refractivity contribution >= 4 is 33.3 Å². The summed E-state index contributed by atoms with van der Waals surface area (Å²) in [5.41, 5.74) is 1.78. The third-order valence-corrected chi connectivity index (χ3v) is 9.07. The molecule has 3 aromatic carbocycles. The molecule has 3 N–H and O–H groups in total. The highest BCUT2D eigenvalue weighted by atomic mass is 32.2. The molecule has 0 saturated heterocycles. The molecule has 12 nitrogen and oxygen atoms in total. The first-order valence-corrected chi connectivity index (χ1v) is 15.7. The average molecular weight is 625 g/mol. The van der Waals surface area contributed by atoms with Gasteiger partial charge in [0.15, 0.2) is 11.5 Å². The predicted octanol–water partition coefficient (Wildman–Crippen LogP) is 3.91. The van der Waals surface area contributed by atoms with Crippen LogP contribution in [0.2, 0.25) is 0 Å². The summed E-state index contributed by atoms with van der Waals surface area (Å²) in [4.78, 5) is 30.0. The maximum atomic E-state index is 13.7. The summed E-state index contributed by atoms with van der Waals surface area (Å²) in [7, 11) is -2.28. The van der Waals surface area contributed by atoms with Gasteiger partial charge in [-0.2, -0.15) is 0 Å². The molecule has 0 aliphatic carbocycles. The molecule has 2 aliphatic heterocycles. The fourth-order valence-electron chi connectivity index (χ4n) is 4.98. The number of amides is 3. The summed E-state index contributed by atoms with van der Waals surface area (Å²) >= 11 is 0. The Morgan fingerprint density at radius 2 is 1.73 bits per heavy atom. The second-order valence-corrected chi connectivity index (χ2v) is 12.8. The summed E-state index contributed by atoms with van der Waals surface area (Å²) in [6, 6.07) is 15.2. The van der Waals surface area contributed by atoms with Gasteiger partial charge >= 0.3 is 6.03 Å². The summed E-state index contributed by atoms with van der Waals surface area (Å²) in [6.45, 7) is 5.78. The Hall–Kier alpha value is -4.49. The number of fused-ring (bicyclic) bond motifs is 2. The van der Waals surface area contributed by atoms with Crippen molar-refractivity contribution in [3.8, 4) is 17.2 Å². The SMILES string of the molecule is Cc1ccc(S(=O)(=O)Nc2ccc3c(c2)C(=O)N([C@H](C)CO)C[C@@H](C)[C@@H](CN(C)C(=O)Nc2ccc4c(c2)OCO4)O3)cc1. The number of aliphatic hydroxyl groups is 1. The van der Waals surface area contributed by atoms with Crippen LogP contribution >= 0.6 is 0 Å². The molecule has 0 bridgehead atoms. The van der Waals surface area contributed by atoms with Crippen LogP contribution in [0.4, 0.5) is 16.2 Å². The number of nitrogens with zero attached hydrogens (tertiary/aromatic N) is 2. The van der Waals surface area contributed by atoms with Gasteiger partial charge in [0, 0.05) is 37.0 Å². The number of aryl methyl sites for hydroxylation is 1. The van der Waals surface area contributed by atoms with Crippen LogP contribution in [0.15, 0.2) is 65.6 Å². The van der Waals surface area contributed by atoms with Crippen molar-refractivity contribution in [2.45, 2.75) is 37.8 Å². The van der Waals surface area contributed by atoms with E-state index in [4.69, 9.17) is 14.2 Å². The van der Waals surface area contributed by atoms with Gasteiger partial charge in [0.2, 0.25) is 6.79 Å². The first-order valence-electron chi connectivity index (χ1n) is 14.2. The molecule has 13 heteroatoms. The molecule has 0 unspecified atom stereocenters. The highest BCUT2D eigenvalue weighted by Gasteiger charge is 2.34. The maximum Gasteiger partial charge on any atom is 0.321 e. The lowest BCUT2D eigenvalue weighted by Crippen LogP contribution is -2.50. The molecule has 0 fully saturated rings. The second-order valence-electron chi connectivity index (χ2n) is 11.1. The third-order valence-electron chi connectivity index (χ3n) is 7.67. The lowest BCUT2D eigenvalue weighted by atomic mass is 9.99. The van der Waals surface area contributed by atoms with Crippen LogP contribution in [-0.4, -0.2) is 80.9 Å². The number of sulfonamides is 1. The number of aliphatic hydroxyl groups excluding tert-OH is 1. The van der Waals surface area contributed by atoms with Crippen LogP contribution in [0.25, 0.3) is 0 Å². The van der Waals surface area contributed by atoms with Gasteiger partial charge < -0.3 is 34.4 Å². The van der Waals surface area contributed by atoms with E-state index in [-0.39, 0.29) is 60.3 Å². The number of anilines is 2. The molecule has 2 heterocycles. The minimum atomic E-state index is -3.92. The lowest BCUT2D eigenvalue weighted by Gasteiger charge is -2.38. The predicted molar refractivity (Wildman–Crippen MR) is 164 cm³/mol. The van der Waals surface area contributed by atoms with E-state index in [9.17, 15) is 23.1 Å². The zero-order chi connectivity index (χ0) is 31.6. The zero-order valence-electron chi connectivity index (χ0n) is 24.9. The molecular formula is C31H36N4O8S. The van der Waals surface area contributed by atoms with Gasteiger partial charge in [0.05, 0.1) is 29.7 Å². The van der Waals surface area contributed by atoms with Gasteiger partial charge in [-0.15, -0.1) is 0 Å². The minimum Gasteiger partial charge on any atom is -0.487 e. The number of likely N-dealkylation sites (N-methyl/N-ethyl adjacent to an activating group) is 1. The van der Waals surface area contributed by atoms with Gasteiger partial charge in [0.1, 0.15) is 11.9 Å². The van der Waals surface area contributed by atoms with Crippen LogP contribution in [0.3, 0.4) is 0 Å². The largest absolute Gasteiger partial charge is 0.487 e. The fourth-order valence-corrected chi connectivity index (χ4v) is 6.03. The number of rotatable bonds is 8. The maximum absolute atomic E-state index is 13.7. The van der Waals surface area contributed by atoms with Gasteiger partial charge in [-0.3, -0.25) is 9.52 Å². The summed E-state index contributed by atoms with van der Waals surface area (Å²) in [6.07, 6.45) is -0.544. The van der Waals surface area contributed by atoms with Crippen molar-refractivity contribution in [1.29, 1.82) is 0 Å². The number of ether oxygens (including phenoxy) is 3. The smallest absolute Gasteiger partial charge is 0.321 e. The molecule has 2 aliphatic rings. The van der Waals surface area contributed by atoms with Crippen LogP contribution in [0.1, 0.15) is 29.8 Å². The molecule has 0 radical (unpaired) electrons. The van der Waals surface area contributed by atoms with E-state index in [1.807, 2.05) is 13.8 Å². The first-order chi connectivity index (χ1) is 20.9. The molecule has 0 spiro atoms. The van der Waals surface area contributed by atoms with Crippen molar-refractivity contribution < 1.29 is 37.3 Å². The Kier molecular flexibility index (Phi) is 8.88. The summed E-state index contributed by atoms with van der Waals surface area (Å²) in [5, 5.41) is 12.8. The number of carbonyl (C=O) groups is 2.